The standard InChI is InChI=1S/C5H8Cl4/c1-3(4(2)6)5(7,8)9/h3-4H,1-2H3. The first-order valence-corrected chi connectivity index (χ1v) is 4.13. The molecule has 0 amide bonds. The van der Waals surface area contributed by atoms with Crippen LogP contribution in [0.25, 0.3) is 0 Å². The highest BCUT2D eigenvalue weighted by atomic mass is 35.6. The lowest BCUT2D eigenvalue weighted by molar-refractivity contribution is 0.584. The minimum Gasteiger partial charge on any atom is -0.123 e. The summed E-state index contributed by atoms with van der Waals surface area (Å²) in [4.78, 5) is 0. The van der Waals surface area contributed by atoms with Crippen molar-refractivity contribution in [3.8, 4) is 0 Å². The highest BCUT2D eigenvalue weighted by Gasteiger charge is 2.31. The van der Waals surface area contributed by atoms with Crippen LogP contribution in [0, 0.1) is 5.92 Å². The molecule has 0 nitrogen and oxygen atoms in total. The monoisotopic (exact) mass is 208 g/mol. The second-order valence-corrected chi connectivity index (χ2v) is 5.07. The van der Waals surface area contributed by atoms with Gasteiger partial charge in [0, 0.05) is 11.3 Å². The maximum Gasteiger partial charge on any atom is 0.194 e. The molecule has 0 aromatic carbocycles. The van der Waals surface area contributed by atoms with Crippen LogP contribution in [0.1, 0.15) is 13.8 Å². The molecule has 4 heteroatoms. The molecule has 56 valence electrons. The molecule has 0 saturated heterocycles. The summed E-state index contributed by atoms with van der Waals surface area (Å²) >= 11 is 22.2. The SMILES string of the molecule is CC(Cl)C(C)C(Cl)(Cl)Cl. The first-order valence-electron chi connectivity index (χ1n) is 2.56. The molecule has 0 bridgehead atoms. The minimum absolute atomic E-state index is 0.113. The van der Waals surface area contributed by atoms with Gasteiger partial charge in [-0.15, -0.1) is 11.6 Å². The van der Waals surface area contributed by atoms with Crippen LogP contribution >= 0.6 is 46.4 Å². The lowest BCUT2D eigenvalue weighted by Crippen LogP contribution is -2.22. The Balaban J connectivity index is 3.88. The van der Waals surface area contributed by atoms with E-state index in [1.165, 1.54) is 0 Å². The van der Waals surface area contributed by atoms with Crippen molar-refractivity contribution in [3.63, 3.8) is 0 Å². The zero-order chi connectivity index (χ0) is 7.65. The topological polar surface area (TPSA) is 0 Å². The van der Waals surface area contributed by atoms with Crippen LogP contribution in [0.5, 0.6) is 0 Å². The Hall–Kier alpha value is 1.16. The van der Waals surface area contributed by atoms with Gasteiger partial charge in [0.25, 0.3) is 0 Å². The van der Waals surface area contributed by atoms with Crippen LogP contribution in [0.4, 0.5) is 0 Å². The predicted molar refractivity (Wildman–Crippen MR) is 44.8 cm³/mol. The smallest absolute Gasteiger partial charge is 0.123 e. The van der Waals surface area contributed by atoms with Gasteiger partial charge in [0.15, 0.2) is 3.79 Å². The number of alkyl halides is 4. The second-order valence-electron chi connectivity index (χ2n) is 2.01. The fourth-order valence-electron chi connectivity index (χ4n) is 0.260. The maximum absolute atomic E-state index is 5.66. The lowest BCUT2D eigenvalue weighted by Gasteiger charge is -2.21. The van der Waals surface area contributed by atoms with Crippen molar-refractivity contribution in [1.29, 1.82) is 0 Å². The Morgan fingerprint density at radius 2 is 1.44 bits per heavy atom. The number of hydrogen-bond donors (Lipinski definition) is 0. The fraction of sp³-hybridized carbons (Fsp3) is 1.00. The second kappa shape index (κ2) is 3.52. The highest BCUT2D eigenvalue weighted by Crippen LogP contribution is 2.37. The molecule has 0 fully saturated rings. The predicted octanol–water partition coefficient (Wildman–Crippen LogP) is 3.62. The zero-order valence-electron chi connectivity index (χ0n) is 5.17. The quantitative estimate of drug-likeness (QED) is 0.579. The first-order chi connectivity index (χ1) is 3.85. The molecule has 0 aliphatic carbocycles. The van der Waals surface area contributed by atoms with E-state index in [2.05, 4.69) is 0 Å². The van der Waals surface area contributed by atoms with Gasteiger partial charge in [-0.3, -0.25) is 0 Å². The largest absolute Gasteiger partial charge is 0.194 e. The molecule has 0 radical (unpaired) electrons. The van der Waals surface area contributed by atoms with E-state index < -0.39 is 3.79 Å². The van der Waals surface area contributed by atoms with Crippen molar-refractivity contribution in [2.24, 2.45) is 5.92 Å². The Morgan fingerprint density at radius 3 is 1.44 bits per heavy atom. The van der Waals surface area contributed by atoms with Gasteiger partial charge in [-0.05, 0) is 6.92 Å². The van der Waals surface area contributed by atoms with Crippen LogP contribution in [0.3, 0.4) is 0 Å². The molecule has 9 heavy (non-hydrogen) atoms. The van der Waals surface area contributed by atoms with E-state index >= 15 is 0 Å². The average molecular weight is 210 g/mol. The van der Waals surface area contributed by atoms with E-state index in [0.29, 0.717) is 0 Å². The lowest BCUT2D eigenvalue weighted by atomic mass is 10.1. The molecule has 0 N–H and O–H groups in total. The van der Waals surface area contributed by atoms with E-state index in [0.717, 1.165) is 0 Å². The van der Waals surface area contributed by atoms with Gasteiger partial charge in [-0.25, -0.2) is 0 Å². The number of halogens is 4. The van der Waals surface area contributed by atoms with Gasteiger partial charge in [0.05, 0.1) is 0 Å². The van der Waals surface area contributed by atoms with E-state index in [-0.39, 0.29) is 11.3 Å². The molecular formula is C5H8Cl4. The summed E-state index contributed by atoms with van der Waals surface area (Å²) in [7, 11) is 0. The summed E-state index contributed by atoms with van der Waals surface area (Å²) in [5.41, 5.74) is 0. The molecule has 0 aromatic rings. The van der Waals surface area contributed by atoms with Crippen molar-refractivity contribution in [2.45, 2.75) is 23.0 Å². The molecule has 0 rings (SSSR count). The third-order valence-corrected chi connectivity index (χ3v) is 2.62. The molecule has 2 atom stereocenters. The van der Waals surface area contributed by atoms with Crippen molar-refractivity contribution in [1.82, 2.24) is 0 Å². The summed E-state index contributed by atoms with van der Waals surface area (Å²) in [5, 5.41) is -0.113. The average Bonchev–Trinajstić information content (AvgIpc) is 1.62. The summed E-state index contributed by atoms with van der Waals surface area (Å²) in [6, 6.07) is 0. The minimum atomic E-state index is -1.23. The van der Waals surface area contributed by atoms with Crippen LogP contribution < -0.4 is 0 Å². The van der Waals surface area contributed by atoms with E-state index in [9.17, 15) is 0 Å². The normalized spacial score (nSPS) is 19.3. The van der Waals surface area contributed by atoms with Gasteiger partial charge >= 0.3 is 0 Å². The molecule has 0 spiro atoms. The van der Waals surface area contributed by atoms with E-state index in [1.54, 1.807) is 13.8 Å². The van der Waals surface area contributed by atoms with Crippen molar-refractivity contribution in [2.75, 3.05) is 0 Å². The van der Waals surface area contributed by atoms with Gasteiger partial charge in [-0.2, -0.15) is 0 Å². The molecule has 0 aromatic heterocycles. The number of hydrogen-bond acceptors (Lipinski definition) is 0. The number of rotatable bonds is 1. The molecule has 0 heterocycles. The van der Waals surface area contributed by atoms with Crippen LogP contribution in [-0.4, -0.2) is 9.17 Å². The Labute approximate surface area is 75.4 Å². The van der Waals surface area contributed by atoms with Gasteiger partial charge < -0.3 is 0 Å². The fourth-order valence-corrected chi connectivity index (χ4v) is 1.21. The van der Waals surface area contributed by atoms with Crippen LogP contribution in [0.15, 0.2) is 0 Å². The Kier molecular flexibility index (Phi) is 3.98. The maximum atomic E-state index is 5.66. The molecular weight excluding hydrogens is 202 g/mol. The summed E-state index contributed by atoms with van der Waals surface area (Å²) < 4.78 is -1.23. The van der Waals surface area contributed by atoms with Crippen LogP contribution in [-0.2, 0) is 0 Å². The van der Waals surface area contributed by atoms with Gasteiger partial charge in [0.1, 0.15) is 0 Å². The Bertz CT molecular complexity index is 83.4. The van der Waals surface area contributed by atoms with Crippen LogP contribution in [0.2, 0.25) is 0 Å². The molecule has 0 aliphatic heterocycles. The van der Waals surface area contributed by atoms with Crippen molar-refractivity contribution >= 4 is 46.4 Å². The van der Waals surface area contributed by atoms with Gasteiger partial charge in [0.2, 0.25) is 0 Å². The van der Waals surface area contributed by atoms with Crippen molar-refractivity contribution in [3.05, 3.63) is 0 Å². The van der Waals surface area contributed by atoms with E-state index in [4.69, 9.17) is 46.4 Å². The summed E-state index contributed by atoms with van der Waals surface area (Å²) in [5.74, 6) is -0.121. The summed E-state index contributed by atoms with van der Waals surface area (Å²) in [6.45, 7) is 3.60. The summed E-state index contributed by atoms with van der Waals surface area (Å²) in [6.07, 6.45) is 0. The molecule has 0 saturated carbocycles. The highest BCUT2D eigenvalue weighted by molar-refractivity contribution is 6.67. The first kappa shape index (κ1) is 10.2. The third kappa shape index (κ3) is 3.77. The van der Waals surface area contributed by atoms with Crippen molar-refractivity contribution < 1.29 is 0 Å². The molecule has 0 aliphatic rings. The van der Waals surface area contributed by atoms with Gasteiger partial charge in [-0.1, -0.05) is 41.7 Å². The Morgan fingerprint density at radius 1 is 1.11 bits per heavy atom. The third-order valence-electron chi connectivity index (χ3n) is 1.21. The zero-order valence-corrected chi connectivity index (χ0v) is 8.19. The molecule has 2 unspecified atom stereocenters. The van der Waals surface area contributed by atoms with E-state index in [1.807, 2.05) is 0 Å².